The van der Waals surface area contributed by atoms with Gasteiger partial charge in [0.25, 0.3) is 0 Å². The van der Waals surface area contributed by atoms with Crippen molar-refractivity contribution in [3.63, 3.8) is 0 Å². The van der Waals surface area contributed by atoms with Gasteiger partial charge in [0.2, 0.25) is 11.8 Å². The van der Waals surface area contributed by atoms with E-state index in [4.69, 9.17) is 11.6 Å². The molecule has 7 heteroatoms. The smallest absolute Gasteiger partial charge is 0.236 e. The lowest BCUT2D eigenvalue weighted by atomic mass is 10.1. The summed E-state index contributed by atoms with van der Waals surface area (Å²) in [6.45, 7) is 9.40. The summed E-state index contributed by atoms with van der Waals surface area (Å²) in [4.78, 5) is 28.2. The standard InChI is InChI=1S/C19H29ClN4O2/c1-14(2)22-18(25)13-23-8-10-24(11-9-23)19(26)12-21-15(3)16-4-6-17(20)7-5-16/h4-7,14-15,21H,8-13H2,1-3H3,(H,22,25)/t15-/m1/s1. The SMILES string of the molecule is CC(C)NC(=O)CN1CCN(C(=O)CN[C@H](C)c2ccc(Cl)cc2)CC1. The van der Waals surface area contributed by atoms with Crippen molar-refractivity contribution in [3.05, 3.63) is 34.9 Å². The molecule has 1 saturated heterocycles. The molecular formula is C19H29ClN4O2. The zero-order valence-electron chi connectivity index (χ0n) is 15.8. The first-order valence-corrected chi connectivity index (χ1v) is 9.51. The van der Waals surface area contributed by atoms with E-state index < -0.39 is 0 Å². The van der Waals surface area contributed by atoms with Crippen LogP contribution in [0.2, 0.25) is 5.02 Å². The van der Waals surface area contributed by atoms with Gasteiger partial charge in [-0.15, -0.1) is 0 Å². The highest BCUT2D eigenvalue weighted by atomic mass is 35.5. The van der Waals surface area contributed by atoms with E-state index in [1.54, 1.807) is 0 Å². The lowest BCUT2D eigenvalue weighted by Gasteiger charge is -2.34. The Balaban J connectivity index is 1.71. The van der Waals surface area contributed by atoms with Crippen LogP contribution >= 0.6 is 11.6 Å². The molecule has 1 aliphatic rings. The molecule has 1 aromatic rings. The third-order valence-electron chi connectivity index (χ3n) is 4.47. The van der Waals surface area contributed by atoms with E-state index in [0.717, 1.165) is 18.7 Å². The van der Waals surface area contributed by atoms with Crippen molar-refractivity contribution in [1.82, 2.24) is 20.4 Å². The lowest BCUT2D eigenvalue weighted by Crippen LogP contribution is -2.53. The van der Waals surface area contributed by atoms with Crippen molar-refractivity contribution >= 4 is 23.4 Å². The van der Waals surface area contributed by atoms with Gasteiger partial charge in [-0.3, -0.25) is 14.5 Å². The van der Waals surface area contributed by atoms with Gasteiger partial charge >= 0.3 is 0 Å². The normalized spacial score (nSPS) is 16.6. The van der Waals surface area contributed by atoms with Crippen LogP contribution in [-0.4, -0.2) is 66.9 Å². The summed E-state index contributed by atoms with van der Waals surface area (Å²) in [7, 11) is 0. The molecule has 6 nitrogen and oxygen atoms in total. The number of carbonyl (C=O) groups excluding carboxylic acids is 2. The van der Waals surface area contributed by atoms with Gasteiger partial charge in [-0.2, -0.15) is 0 Å². The molecule has 0 aromatic heterocycles. The van der Waals surface area contributed by atoms with E-state index in [0.29, 0.717) is 31.2 Å². The largest absolute Gasteiger partial charge is 0.353 e. The van der Waals surface area contributed by atoms with Crippen LogP contribution in [0.1, 0.15) is 32.4 Å². The first kappa shape index (κ1) is 20.7. The molecule has 2 N–H and O–H groups in total. The molecule has 1 atom stereocenters. The number of carbonyl (C=O) groups is 2. The Labute approximate surface area is 160 Å². The fourth-order valence-electron chi connectivity index (χ4n) is 2.95. The van der Waals surface area contributed by atoms with Gasteiger partial charge in [-0.1, -0.05) is 23.7 Å². The maximum Gasteiger partial charge on any atom is 0.236 e. The first-order chi connectivity index (χ1) is 12.3. The quantitative estimate of drug-likeness (QED) is 0.755. The number of rotatable bonds is 7. The number of hydrogen-bond donors (Lipinski definition) is 2. The van der Waals surface area contributed by atoms with E-state index in [1.165, 1.54) is 0 Å². The third kappa shape index (κ3) is 6.59. The van der Waals surface area contributed by atoms with E-state index in [-0.39, 0.29) is 23.9 Å². The highest BCUT2D eigenvalue weighted by molar-refractivity contribution is 6.30. The highest BCUT2D eigenvalue weighted by Crippen LogP contribution is 2.15. The van der Waals surface area contributed by atoms with Crippen molar-refractivity contribution in [3.8, 4) is 0 Å². The molecule has 0 radical (unpaired) electrons. The number of nitrogens with zero attached hydrogens (tertiary/aromatic N) is 2. The summed E-state index contributed by atoms with van der Waals surface area (Å²) in [6.07, 6.45) is 0. The summed E-state index contributed by atoms with van der Waals surface area (Å²) in [5.41, 5.74) is 1.10. The van der Waals surface area contributed by atoms with Crippen molar-refractivity contribution in [2.24, 2.45) is 0 Å². The van der Waals surface area contributed by atoms with Crippen LogP contribution in [0.25, 0.3) is 0 Å². The predicted molar refractivity (Wildman–Crippen MR) is 104 cm³/mol. The summed E-state index contributed by atoms with van der Waals surface area (Å²) >= 11 is 5.90. The molecule has 1 aliphatic heterocycles. The fourth-order valence-corrected chi connectivity index (χ4v) is 3.07. The average molecular weight is 381 g/mol. The number of benzene rings is 1. The summed E-state index contributed by atoms with van der Waals surface area (Å²) in [6, 6.07) is 7.87. The molecule has 0 spiro atoms. The summed E-state index contributed by atoms with van der Waals surface area (Å²) in [5.74, 6) is 0.135. The van der Waals surface area contributed by atoms with Crippen molar-refractivity contribution in [2.75, 3.05) is 39.3 Å². The Hall–Kier alpha value is -1.63. The molecule has 1 aromatic carbocycles. The van der Waals surface area contributed by atoms with Gasteiger partial charge in [-0.05, 0) is 38.5 Å². The second kappa shape index (κ2) is 9.90. The van der Waals surface area contributed by atoms with Gasteiger partial charge in [0.05, 0.1) is 13.1 Å². The second-order valence-electron chi connectivity index (χ2n) is 7.03. The van der Waals surface area contributed by atoms with Crippen LogP contribution < -0.4 is 10.6 Å². The van der Waals surface area contributed by atoms with Gasteiger partial charge < -0.3 is 15.5 Å². The first-order valence-electron chi connectivity index (χ1n) is 9.13. The lowest BCUT2D eigenvalue weighted by molar-refractivity contribution is -0.132. The molecule has 26 heavy (non-hydrogen) atoms. The number of hydrogen-bond acceptors (Lipinski definition) is 4. The summed E-state index contributed by atoms with van der Waals surface area (Å²) < 4.78 is 0. The Morgan fingerprint density at radius 2 is 1.69 bits per heavy atom. The molecule has 2 rings (SSSR count). The molecule has 2 amide bonds. The van der Waals surface area contributed by atoms with Crippen LogP contribution in [-0.2, 0) is 9.59 Å². The highest BCUT2D eigenvalue weighted by Gasteiger charge is 2.22. The fraction of sp³-hybridized carbons (Fsp3) is 0.579. The van der Waals surface area contributed by atoms with Gasteiger partial charge in [0.15, 0.2) is 0 Å². The molecule has 144 valence electrons. The van der Waals surface area contributed by atoms with E-state index in [9.17, 15) is 9.59 Å². The van der Waals surface area contributed by atoms with E-state index >= 15 is 0 Å². The molecule has 0 saturated carbocycles. The topological polar surface area (TPSA) is 64.7 Å². The predicted octanol–water partition coefficient (Wildman–Crippen LogP) is 1.66. The van der Waals surface area contributed by atoms with Crippen molar-refractivity contribution in [2.45, 2.75) is 32.9 Å². The van der Waals surface area contributed by atoms with Crippen LogP contribution in [0.4, 0.5) is 0 Å². The van der Waals surface area contributed by atoms with Crippen LogP contribution in [0.3, 0.4) is 0 Å². The average Bonchev–Trinajstić information content (AvgIpc) is 2.60. The molecule has 0 unspecified atom stereocenters. The summed E-state index contributed by atoms with van der Waals surface area (Å²) in [5, 5.41) is 6.87. The van der Waals surface area contributed by atoms with Crippen LogP contribution in [0.15, 0.2) is 24.3 Å². The maximum atomic E-state index is 12.4. The zero-order chi connectivity index (χ0) is 19.1. The maximum absolute atomic E-state index is 12.4. The molecule has 1 fully saturated rings. The van der Waals surface area contributed by atoms with E-state index in [2.05, 4.69) is 15.5 Å². The Kier molecular flexibility index (Phi) is 7.87. The number of amides is 2. The third-order valence-corrected chi connectivity index (χ3v) is 4.72. The molecule has 0 bridgehead atoms. The Morgan fingerprint density at radius 3 is 2.27 bits per heavy atom. The minimum atomic E-state index is 0.0400. The second-order valence-corrected chi connectivity index (χ2v) is 7.47. The van der Waals surface area contributed by atoms with Crippen molar-refractivity contribution in [1.29, 1.82) is 0 Å². The minimum Gasteiger partial charge on any atom is -0.353 e. The number of piperazine rings is 1. The monoisotopic (exact) mass is 380 g/mol. The Morgan fingerprint density at radius 1 is 1.08 bits per heavy atom. The van der Waals surface area contributed by atoms with Crippen LogP contribution in [0, 0.1) is 0 Å². The minimum absolute atomic E-state index is 0.0400. The molecule has 1 heterocycles. The number of halogens is 1. The Bertz CT molecular complexity index is 598. The van der Waals surface area contributed by atoms with Crippen molar-refractivity contribution < 1.29 is 9.59 Å². The van der Waals surface area contributed by atoms with Gasteiger partial charge in [-0.25, -0.2) is 0 Å². The number of nitrogens with one attached hydrogen (secondary N) is 2. The van der Waals surface area contributed by atoms with Crippen LogP contribution in [0.5, 0.6) is 0 Å². The molecule has 0 aliphatic carbocycles. The molecular weight excluding hydrogens is 352 g/mol. The van der Waals surface area contributed by atoms with Gasteiger partial charge in [0, 0.05) is 43.3 Å². The van der Waals surface area contributed by atoms with E-state index in [1.807, 2.05) is 49.9 Å². The zero-order valence-corrected chi connectivity index (χ0v) is 16.6. The van der Waals surface area contributed by atoms with Gasteiger partial charge in [0.1, 0.15) is 0 Å².